The van der Waals surface area contributed by atoms with Crippen LogP contribution in [0.4, 0.5) is 5.69 Å². The summed E-state index contributed by atoms with van der Waals surface area (Å²) in [7, 11) is 0. The Kier molecular flexibility index (Phi) is 1.70. The zero-order valence-corrected chi connectivity index (χ0v) is 5.06. The molecule has 8 heavy (non-hydrogen) atoms. The molecule has 1 rings (SSSR count). The Labute approximate surface area is 53.5 Å². The molecule has 40 valence electrons. The van der Waals surface area contributed by atoms with E-state index in [2.05, 4.69) is 16.8 Å². The summed E-state index contributed by atoms with van der Waals surface area (Å²) in [6, 6.07) is 9.49. The molecule has 0 saturated heterocycles. The summed E-state index contributed by atoms with van der Waals surface area (Å²) < 4.78 is 3.55. The predicted molar refractivity (Wildman–Crippen MR) is 35.9 cm³/mol. The average molecular weight is 123 g/mol. The minimum Gasteiger partial charge on any atom is -0.182 e. The normalized spacial score (nSPS) is 8.50. The molecule has 0 aliphatic carbocycles. The van der Waals surface area contributed by atoms with Gasteiger partial charge >= 0.3 is 0 Å². The fourth-order valence-corrected chi connectivity index (χ4v) is 0.611. The summed E-state index contributed by atoms with van der Waals surface area (Å²) in [5.74, 6) is 0. The molecule has 0 unspecified atom stereocenters. The van der Waals surface area contributed by atoms with Crippen molar-refractivity contribution in [3.8, 4) is 0 Å². The summed E-state index contributed by atoms with van der Waals surface area (Å²) in [4.78, 5) is 0. The maximum atomic E-state index is 4.44. The Morgan fingerprint density at radius 3 is 2.12 bits per heavy atom. The lowest BCUT2D eigenvalue weighted by atomic mass is 10.3. The minimum atomic E-state index is 0.850. The third-order valence-corrected chi connectivity index (χ3v) is 1.07. The van der Waals surface area contributed by atoms with Crippen LogP contribution < -0.4 is 0 Å². The first-order valence-electron chi connectivity index (χ1n) is 2.32. The average Bonchev–Trinajstić information content (AvgIpc) is 1.90. The molecule has 2 heteroatoms. The Morgan fingerprint density at radius 1 is 1.12 bits per heavy atom. The van der Waals surface area contributed by atoms with Crippen molar-refractivity contribution >= 4 is 18.1 Å². The fourth-order valence-electron chi connectivity index (χ4n) is 0.489. The Bertz CT molecular complexity index is 171. The Hall–Kier alpha value is -0.760. The molecular formula is C6H5NS. The van der Waals surface area contributed by atoms with E-state index in [0.29, 0.717) is 0 Å². The van der Waals surface area contributed by atoms with Crippen LogP contribution in [0, 0.1) is 0 Å². The molecule has 0 fully saturated rings. The van der Waals surface area contributed by atoms with Crippen LogP contribution in [-0.4, -0.2) is 0 Å². The number of hydrogen-bond donors (Lipinski definition) is 0. The predicted octanol–water partition coefficient (Wildman–Crippen LogP) is 2.05. The van der Waals surface area contributed by atoms with Gasteiger partial charge in [-0.1, -0.05) is 18.2 Å². The Morgan fingerprint density at radius 2 is 1.75 bits per heavy atom. The highest BCUT2D eigenvalue weighted by Crippen LogP contribution is 2.07. The molecule has 0 atom stereocenters. The second-order valence-electron chi connectivity index (χ2n) is 1.43. The molecule has 0 aliphatic rings. The molecule has 0 N–H and O–H groups in total. The monoisotopic (exact) mass is 123 g/mol. The van der Waals surface area contributed by atoms with Crippen molar-refractivity contribution in [1.29, 1.82) is 0 Å². The molecule has 0 aliphatic heterocycles. The van der Waals surface area contributed by atoms with Crippen LogP contribution in [0.1, 0.15) is 0 Å². The molecular weight excluding hydrogens is 118 g/mol. The highest BCUT2D eigenvalue weighted by atomic mass is 32.1. The van der Waals surface area contributed by atoms with Gasteiger partial charge in [-0.3, -0.25) is 0 Å². The van der Waals surface area contributed by atoms with Gasteiger partial charge in [0.15, 0.2) is 0 Å². The van der Waals surface area contributed by atoms with Gasteiger partial charge in [0.05, 0.1) is 5.69 Å². The van der Waals surface area contributed by atoms with E-state index >= 15 is 0 Å². The topological polar surface area (TPSA) is 12.4 Å². The van der Waals surface area contributed by atoms with Crippen LogP contribution in [0.3, 0.4) is 0 Å². The van der Waals surface area contributed by atoms with Gasteiger partial charge in [-0.15, -0.1) is 0 Å². The van der Waals surface area contributed by atoms with E-state index in [1.165, 1.54) is 0 Å². The van der Waals surface area contributed by atoms with Gasteiger partial charge in [0.2, 0.25) is 0 Å². The van der Waals surface area contributed by atoms with E-state index in [9.17, 15) is 0 Å². The van der Waals surface area contributed by atoms with Gasteiger partial charge in [-0.2, -0.15) is 4.36 Å². The lowest BCUT2D eigenvalue weighted by Gasteiger charge is -1.83. The molecule has 0 bridgehead atoms. The third-order valence-electron chi connectivity index (χ3n) is 0.862. The van der Waals surface area contributed by atoms with Crippen molar-refractivity contribution in [2.24, 2.45) is 4.36 Å². The number of nitrogens with zero attached hydrogens (tertiary/aromatic N) is 1. The molecule has 0 heterocycles. The molecule has 0 saturated carbocycles. The standard InChI is InChI=1S/C6H5NS/c8-7-6-4-2-1-3-5-6/h1-5H. The molecule has 0 aromatic heterocycles. The summed E-state index contributed by atoms with van der Waals surface area (Å²) in [5.41, 5.74) is 0.850. The maximum absolute atomic E-state index is 4.44. The summed E-state index contributed by atoms with van der Waals surface area (Å²) in [5, 5.41) is 0. The van der Waals surface area contributed by atoms with E-state index < -0.39 is 0 Å². The van der Waals surface area contributed by atoms with Crippen LogP contribution in [-0.2, 0) is 12.4 Å². The van der Waals surface area contributed by atoms with E-state index in [1.54, 1.807) is 0 Å². The summed E-state index contributed by atoms with van der Waals surface area (Å²) >= 11 is 4.44. The van der Waals surface area contributed by atoms with Crippen molar-refractivity contribution in [3.63, 3.8) is 0 Å². The number of hydrogen-bond acceptors (Lipinski definition) is 2. The summed E-state index contributed by atoms with van der Waals surface area (Å²) in [6.45, 7) is 0. The first-order chi connectivity index (χ1) is 3.93. The van der Waals surface area contributed by atoms with Gasteiger partial charge in [0, 0.05) is 12.4 Å². The third kappa shape index (κ3) is 1.10. The first-order valence-corrected chi connectivity index (χ1v) is 2.68. The van der Waals surface area contributed by atoms with Crippen molar-refractivity contribution in [1.82, 2.24) is 0 Å². The minimum absolute atomic E-state index is 0.850. The van der Waals surface area contributed by atoms with Crippen LogP contribution in [0.5, 0.6) is 0 Å². The molecule has 1 nitrogen and oxygen atoms in total. The van der Waals surface area contributed by atoms with E-state index in [-0.39, 0.29) is 0 Å². The lowest BCUT2D eigenvalue weighted by molar-refractivity contribution is 1.58. The van der Waals surface area contributed by atoms with Crippen molar-refractivity contribution in [2.45, 2.75) is 0 Å². The highest BCUT2D eigenvalue weighted by Gasteiger charge is 1.78. The van der Waals surface area contributed by atoms with Gasteiger partial charge in [0.25, 0.3) is 0 Å². The fraction of sp³-hybridized carbons (Fsp3) is 0. The molecule has 0 amide bonds. The van der Waals surface area contributed by atoms with Crippen molar-refractivity contribution in [2.75, 3.05) is 0 Å². The van der Waals surface area contributed by atoms with Crippen molar-refractivity contribution < 1.29 is 0 Å². The van der Waals surface area contributed by atoms with Gasteiger partial charge < -0.3 is 0 Å². The number of benzene rings is 1. The zero-order valence-electron chi connectivity index (χ0n) is 4.24. The van der Waals surface area contributed by atoms with Crippen LogP contribution >= 0.6 is 0 Å². The van der Waals surface area contributed by atoms with E-state index in [4.69, 9.17) is 0 Å². The van der Waals surface area contributed by atoms with Gasteiger partial charge in [-0.25, -0.2) is 0 Å². The summed E-state index contributed by atoms with van der Waals surface area (Å²) in [6.07, 6.45) is 0. The quantitative estimate of drug-likeness (QED) is 0.556. The first kappa shape index (κ1) is 5.38. The van der Waals surface area contributed by atoms with Crippen LogP contribution in [0.2, 0.25) is 0 Å². The van der Waals surface area contributed by atoms with Gasteiger partial charge in [-0.05, 0) is 12.1 Å². The second kappa shape index (κ2) is 2.52. The zero-order chi connectivity index (χ0) is 5.82. The smallest absolute Gasteiger partial charge is 0.0769 e. The highest BCUT2D eigenvalue weighted by molar-refractivity contribution is 7.47. The van der Waals surface area contributed by atoms with E-state index in [0.717, 1.165) is 5.69 Å². The number of rotatable bonds is 1. The molecule has 1 aromatic carbocycles. The van der Waals surface area contributed by atoms with E-state index in [1.807, 2.05) is 30.3 Å². The molecule has 1 aromatic rings. The van der Waals surface area contributed by atoms with Crippen LogP contribution in [0.25, 0.3) is 0 Å². The molecule has 0 radical (unpaired) electrons. The molecule has 0 spiro atoms. The second-order valence-corrected chi connectivity index (χ2v) is 1.61. The van der Waals surface area contributed by atoms with Gasteiger partial charge in [0.1, 0.15) is 0 Å². The largest absolute Gasteiger partial charge is 0.182 e. The Balaban J connectivity index is 2.99. The lowest BCUT2D eigenvalue weighted by Crippen LogP contribution is -1.56. The van der Waals surface area contributed by atoms with Crippen LogP contribution in [0.15, 0.2) is 34.7 Å². The van der Waals surface area contributed by atoms with Crippen molar-refractivity contribution in [3.05, 3.63) is 30.3 Å². The SMILES string of the molecule is S=Nc1ccccc1. The maximum Gasteiger partial charge on any atom is 0.0769 e.